The minimum Gasteiger partial charge on any atom is -0.463 e. The molecule has 2 N–H and O–H groups in total. The summed E-state index contributed by atoms with van der Waals surface area (Å²) in [4.78, 5) is 16.7. The zero-order valence-electron chi connectivity index (χ0n) is 15.2. The van der Waals surface area contributed by atoms with E-state index < -0.39 is 0 Å². The van der Waals surface area contributed by atoms with Crippen LogP contribution in [0.2, 0.25) is 0 Å². The number of H-pyrrole nitrogens is 1. The Labute approximate surface area is 162 Å². The van der Waals surface area contributed by atoms with Crippen LogP contribution < -0.4 is 5.32 Å². The maximum absolute atomic E-state index is 12.4. The van der Waals surface area contributed by atoms with Crippen molar-refractivity contribution in [1.29, 1.82) is 0 Å². The summed E-state index contributed by atoms with van der Waals surface area (Å²) < 4.78 is 12.3. The normalized spacial score (nSPS) is 11.2. The summed E-state index contributed by atoms with van der Waals surface area (Å²) in [5, 5.41) is 21.8. The Morgan fingerprint density at radius 1 is 1.28 bits per heavy atom. The zero-order valence-corrected chi connectivity index (χ0v) is 15.2. The number of nitrogens with zero attached hydrogens (tertiary/aromatic N) is 6. The Morgan fingerprint density at radius 3 is 3.00 bits per heavy atom. The second-order valence-corrected chi connectivity index (χ2v) is 6.21. The number of hydrogen-bond acceptors (Lipinski definition) is 8. The number of carbonyl (C=O) groups excluding carboxylic acids is 1. The van der Waals surface area contributed by atoms with Gasteiger partial charge in [0.15, 0.2) is 28.8 Å². The van der Waals surface area contributed by atoms with Gasteiger partial charge in [-0.2, -0.15) is 10.1 Å². The van der Waals surface area contributed by atoms with Gasteiger partial charge in [0, 0.05) is 12.3 Å². The molecule has 11 nitrogen and oxygen atoms in total. The number of carbonyl (C=O) groups is 1. The van der Waals surface area contributed by atoms with Crippen LogP contribution in [0.5, 0.6) is 0 Å². The molecule has 5 heterocycles. The molecule has 5 rings (SSSR count). The highest BCUT2D eigenvalue weighted by Gasteiger charge is 2.17. The first-order chi connectivity index (χ1) is 14.2. The van der Waals surface area contributed by atoms with Crippen LogP contribution >= 0.6 is 0 Å². The molecule has 0 unspecified atom stereocenters. The molecule has 0 aliphatic rings. The highest BCUT2D eigenvalue weighted by molar-refractivity contribution is 5.93. The van der Waals surface area contributed by atoms with Crippen molar-refractivity contribution in [1.82, 2.24) is 40.3 Å². The third kappa shape index (κ3) is 3.04. The third-order valence-electron chi connectivity index (χ3n) is 4.27. The summed E-state index contributed by atoms with van der Waals surface area (Å²) in [6.07, 6.45) is 3.35. The lowest BCUT2D eigenvalue weighted by Gasteiger charge is -2.03. The molecule has 0 bridgehead atoms. The second kappa shape index (κ2) is 6.71. The van der Waals surface area contributed by atoms with Crippen molar-refractivity contribution >= 4 is 11.6 Å². The first-order valence-electron chi connectivity index (χ1n) is 8.70. The van der Waals surface area contributed by atoms with Gasteiger partial charge in [-0.25, -0.2) is 0 Å². The van der Waals surface area contributed by atoms with Crippen molar-refractivity contribution in [2.24, 2.45) is 0 Å². The van der Waals surface area contributed by atoms with E-state index in [1.165, 1.54) is 0 Å². The van der Waals surface area contributed by atoms with Crippen LogP contribution in [-0.2, 0) is 6.54 Å². The number of hydrogen-bond donors (Lipinski definition) is 2. The lowest BCUT2D eigenvalue weighted by atomic mass is 10.2. The van der Waals surface area contributed by atoms with Crippen LogP contribution in [0, 0.1) is 6.92 Å². The fourth-order valence-corrected chi connectivity index (χ4v) is 2.90. The van der Waals surface area contributed by atoms with E-state index in [2.05, 4.69) is 35.9 Å². The summed E-state index contributed by atoms with van der Waals surface area (Å²) in [6, 6.07) is 8.79. The highest BCUT2D eigenvalue weighted by Crippen LogP contribution is 2.22. The monoisotopic (exact) mass is 390 g/mol. The summed E-state index contributed by atoms with van der Waals surface area (Å²) in [7, 11) is 0. The molecular weight excluding hydrogens is 376 g/mol. The average Bonchev–Trinajstić information content (AvgIpc) is 3.52. The maximum atomic E-state index is 12.4. The van der Waals surface area contributed by atoms with Crippen molar-refractivity contribution < 1.29 is 13.7 Å². The summed E-state index contributed by atoms with van der Waals surface area (Å²) >= 11 is 0. The number of fused-ring (bicyclic) bond motifs is 1. The first-order valence-corrected chi connectivity index (χ1v) is 8.70. The molecule has 11 heteroatoms. The van der Waals surface area contributed by atoms with E-state index >= 15 is 0 Å². The quantitative estimate of drug-likeness (QED) is 0.464. The van der Waals surface area contributed by atoms with E-state index in [1.54, 1.807) is 42.0 Å². The van der Waals surface area contributed by atoms with Crippen molar-refractivity contribution in [3.05, 3.63) is 60.1 Å². The van der Waals surface area contributed by atoms with Gasteiger partial charge < -0.3 is 14.3 Å². The third-order valence-corrected chi connectivity index (χ3v) is 4.27. The molecule has 0 atom stereocenters. The number of aryl methyl sites for hydroxylation is 1. The van der Waals surface area contributed by atoms with Crippen LogP contribution in [0.15, 0.2) is 51.7 Å². The van der Waals surface area contributed by atoms with Gasteiger partial charge in [0.05, 0.1) is 18.4 Å². The molecule has 0 radical (unpaired) electrons. The minimum absolute atomic E-state index is 0.162. The molecule has 0 fully saturated rings. The molecule has 0 spiro atoms. The van der Waals surface area contributed by atoms with Gasteiger partial charge >= 0.3 is 0 Å². The van der Waals surface area contributed by atoms with E-state index in [4.69, 9.17) is 8.94 Å². The van der Waals surface area contributed by atoms with Crippen molar-refractivity contribution in [3.63, 3.8) is 0 Å². The van der Waals surface area contributed by atoms with Crippen LogP contribution in [-0.4, -0.2) is 40.8 Å². The number of furan rings is 1. The second-order valence-electron chi connectivity index (χ2n) is 6.21. The summed E-state index contributed by atoms with van der Waals surface area (Å²) in [5.41, 5.74) is 2.08. The maximum Gasteiger partial charge on any atom is 0.272 e. The predicted octanol–water partition coefficient (Wildman–Crippen LogP) is 2.00. The molecule has 29 heavy (non-hydrogen) atoms. The number of pyridine rings is 1. The van der Waals surface area contributed by atoms with Gasteiger partial charge in [-0.15, -0.1) is 10.2 Å². The molecule has 0 aliphatic carbocycles. The zero-order chi connectivity index (χ0) is 19.8. The lowest BCUT2D eigenvalue weighted by molar-refractivity contribution is 0.0944. The highest BCUT2D eigenvalue weighted by atomic mass is 16.5. The van der Waals surface area contributed by atoms with Crippen molar-refractivity contribution in [2.45, 2.75) is 13.5 Å². The molecule has 1 amide bonds. The van der Waals surface area contributed by atoms with Gasteiger partial charge in [0.25, 0.3) is 11.8 Å². The molecular formula is C18H14N8O3. The molecule has 5 aromatic heterocycles. The smallest absolute Gasteiger partial charge is 0.272 e. The van der Waals surface area contributed by atoms with Crippen LogP contribution in [0.25, 0.3) is 28.6 Å². The number of rotatable bonds is 5. The van der Waals surface area contributed by atoms with Gasteiger partial charge in [-0.05, 0) is 31.2 Å². The van der Waals surface area contributed by atoms with Crippen LogP contribution in [0.1, 0.15) is 22.1 Å². The van der Waals surface area contributed by atoms with Crippen molar-refractivity contribution in [3.8, 4) is 22.9 Å². The van der Waals surface area contributed by atoms with E-state index in [0.717, 1.165) is 0 Å². The summed E-state index contributed by atoms with van der Waals surface area (Å²) in [5.74, 6) is 1.69. The molecule has 0 saturated carbocycles. The van der Waals surface area contributed by atoms with Crippen LogP contribution in [0.3, 0.4) is 0 Å². The summed E-state index contributed by atoms with van der Waals surface area (Å²) in [6.45, 7) is 1.90. The van der Waals surface area contributed by atoms with Gasteiger partial charge in [-0.3, -0.25) is 14.3 Å². The molecule has 0 aliphatic heterocycles. The Hall–Kier alpha value is -4.28. The molecule has 5 aromatic rings. The topological polar surface area (TPSA) is 140 Å². The Kier molecular flexibility index (Phi) is 3.90. The molecule has 144 valence electrons. The molecule has 0 aromatic carbocycles. The number of amides is 1. The fourth-order valence-electron chi connectivity index (χ4n) is 2.90. The standard InChI is InChI=1S/C18H14N8O3/c1-10-20-18(29-25-10)11-4-2-6-26-15(23-24-16(11)26)9-19-17(27)13-8-12(21-22-13)14-5-3-7-28-14/h2-8H,9H2,1H3,(H,19,27)(H,21,22). The van der Waals surface area contributed by atoms with E-state index in [9.17, 15) is 4.79 Å². The number of aromatic amines is 1. The Balaban J connectivity index is 1.35. The Morgan fingerprint density at radius 2 is 2.21 bits per heavy atom. The number of aromatic nitrogens is 7. The first kappa shape index (κ1) is 16.9. The van der Waals surface area contributed by atoms with E-state index in [-0.39, 0.29) is 18.1 Å². The number of nitrogens with one attached hydrogen (secondary N) is 2. The van der Waals surface area contributed by atoms with E-state index in [1.807, 2.05) is 12.1 Å². The average molecular weight is 390 g/mol. The van der Waals surface area contributed by atoms with Gasteiger partial charge in [0.2, 0.25) is 0 Å². The SMILES string of the molecule is Cc1noc(-c2cccn3c(CNC(=O)c4cc(-c5ccco5)[nH]n4)nnc23)n1. The largest absolute Gasteiger partial charge is 0.463 e. The van der Waals surface area contributed by atoms with E-state index in [0.29, 0.717) is 40.2 Å². The van der Waals surface area contributed by atoms with Gasteiger partial charge in [0.1, 0.15) is 5.69 Å². The predicted molar refractivity (Wildman–Crippen MR) is 98.5 cm³/mol. The Bertz CT molecular complexity index is 1300. The lowest BCUT2D eigenvalue weighted by Crippen LogP contribution is -2.24. The van der Waals surface area contributed by atoms with Crippen molar-refractivity contribution in [2.75, 3.05) is 0 Å². The van der Waals surface area contributed by atoms with Crippen LogP contribution in [0.4, 0.5) is 0 Å². The fraction of sp³-hybridized carbons (Fsp3) is 0.111. The minimum atomic E-state index is -0.348. The molecule has 0 saturated heterocycles. The van der Waals surface area contributed by atoms with Gasteiger partial charge in [-0.1, -0.05) is 5.16 Å².